The lowest BCUT2D eigenvalue weighted by molar-refractivity contribution is -0.145. The minimum atomic E-state index is -4.67. The van der Waals surface area contributed by atoms with E-state index in [1.165, 1.54) is 12.1 Å². The van der Waals surface area contributed by atoms with E-state index >= 15 is 0 Å². The van der Waals surface area contributed by atoms with Crippen molar-refractivity contribution in [1.82, 2.24) is 15.1 Å². The number of aryl methyl sites for hydroxylation is 1. The molecule has 0 aliphatic rings. The number of aromatic nitrogens is 3. The molecule has 25 heavy (non-hydrogen) atoms. The van der Waals surface area contributed by atoms with E-state index in [0.717, 1.165) is 11.8 Å². The van der Waals surface area contributed by atoms with E-state index in [1.54, 1.807) is 25.1 Å². The van der Waals surface area contributed by atoms with Crippen molar-refractivity contribution in [1.29, 1.82) is 0 Å². The summed E-state index contributed by atoms with van der Waals surface area (Å²) in [6.07, 6.45) is -4.67. The van der Waals surface area contributed by atoms with Crippen LogP contribution in [0.3, 0.4) is 0 Å². The normalized spacial score (nSPS) is 11.7. The van der Waals surface area contributed by atoms with Gasteiger partial charge in [0.05, 0.1) is 17.0 Å². The molecule has 0 fully saturated rings. The molecule has 1 N–H and O–H groups in total. The Kier molecular flexibility index (Phi) is 4.62. The first-order chi connectivity index (χ1) is 11.8. The minimum absolute atomic E-state index is 0.0850. The zero-order valence-electron chi connectivity index (χ0n) is 12.8. The van der Waals surface area contributed by atoms with Gasteiger partial charge in [-0.05, 0) is 13.0 Å². The van der Waals surface area contributed by atoms with E-state index < -0.39 is 17.9 Å². The molecule has 6 nitrogen and oxygen atoms in total. The van der Waals surface area contributed by atoms with Crippen LogP contribution in [-0.2, 0) is 11.0 Å². The maximum absolute atomic E-state index is 13.0. The van der Waals surface area contributed by atoms with Crippen molar-refractivity contribution in [2.75, 3.05) is 11.1 Å². The Morgan fingerprint density at radius 1 is 1.28 bits per heavy atom. The monoisotopic (exact) mass is 368 g/mol. The molecule has 3 aromatic rings. The lowest BCUT2D eigenvalue weighted by Gasteiger charge is -2.10. The lowest BCUT2D eigenvalue weighted by atomic mass is 10.2. The fourth-order valence-electron chi connectivity index (χ4n) is 2.01. The molecule has 0 radical (unpaired) electrons. The van der Waals surface area contributed by atoms with Crippen molar-refractivity contribution in [3.8, 4) is 0 Å². The number of fused-ring (bicyclic) bond motifs is 1. The van der Waals surface area contributed by atoms with Crippen molar-refractivity contribution in [3.63, 3.8) is 0 Å². The second-order valence-corrected chi connectivity index (χ2v) is 6.00. The third-order valence-corrected chi connectivity index (χ3v) is 4.04. The van der Waals surface area contributed by atoms with Gasteiger partial charge in [-0.1, -0.05) is 35.1 Å². The Bertz CT molecular complexity index is 927. The molecule has 0 saturated heterocycles. The van der Waals surface area contributed by atoms with Gasteiger partial charge in [0, 0.05) is 11.5 Å². The van der Waals surface area contributed by atoms with Gasteiger partial charge in [-0.15, -0.1) is 0 Å². The number of anilines is 1. The van der Waals surface area contributed by atoms with Crippen LogP contribution >= 0.6 is 11.8 Å². The van der Waals surface area contributed by atoms with Gasteiger partial charge in [0.1, 0.15) is 5.03 Å². The van der Waals surface area contributed by atoms with Crippen LogP contribution in [-0.4, -0.2) is 26.8 Å². The number of nitrogens with one attached hydrogen (secondary N) is 1. The molecule has 0 aliphatic heterocycles. The van der Waals surface area contributed by atoms with Crippen LogP contribution < -0.4 is 5.32 Å². The molecule has 0 bridgehead atoms. The van der Waals surface area contributed by atoms with Gasteiger partial charge in [0.2, 0.25) is 17.6 Å². The van der Waals surface area contributed by atoms with Gasteiger partial charge < -0.3 is 4.52 Å². The van der Waals surface area contributed by atoms with Crippen molar-refractivity contribution in [2.24, 2.45) is 0 Å². The van der Waals surface area contributed by atoms with Gasteiger partial charge >= 0.3 is 6.18 Å². The fraction of sp³-hybridized carbons (Fsp3) is 0.200. The summed E-state index contributed by atoms with van der Waals surface area (Å²) in [5.41, 5.74) is 0.762. The molecular formula is C15H11F3N4O2S. The average molecular weight is 368 g/mol. The molecule has 0 saturated carbocycles. The Morgan fingerprint density at radius 3 is 2.72 bits per heavy atom. The number of carbonyl (C=O) groups excluding carboxylic acids is 1. The number of para-hydroxylation sites is 1. The molecule has 2 heterocycles. The maximum atomic E-state index is 13.0. The molecule has 0 unspecified atom stereocenters. The first-order valence-corrected chi connectivity index (χ1v) is 8.01. The summed E-state index contributed by atoms with van der Waals surface area (Å²) in [5, 5.41) is 6.63. The van der Waals surface area contributed by atoms with E-state index in [2.05, 4.69) is 20.4 Å². The number of alkyl halides is 3. The summed E-state index contributed by atoms with van der Waals surface area (Å²) >= 11 is 0.889. The van der Waals surface area contributed by atoms with Crippen molar-refractivity contribution < 1.29 is 22.5 Å². The van der Waals surface area contributed by atoms with E-state index in [-0.39, 0.29) is 22.2 Å². The van der Waals surface area contributed by atoms with E-state index in [0.29, 0.717) is 11.1 Å². The molecule has 1 aromatic carbocycles. The molecule has 1 amide bonds. The van der Waals surface area contributed by atoms with Gasteiger partial charge in [0.25, 0.3) is 0 Å². The quantitative estimate of drug-likeness (QED) is 0.559. The van der Waals surface area contributed by atoms with Crippen LogP contribution in [0.15, 0.2) is 39.9 Å². The number of benzene rings is 1. The Morgan fingerprint density at radius 2 is 2.04 bits per heavy atom. The fourth-order valence-corrected chi connectivity index (χ4v) is 2.83. The topological polar surface area (TPSA) is 80.9 Å². The Balaban J connectivity index is 1.81. The van der Waals surface area contributed by atoms with E-state index in [1.807, 2.05) is 0 Å². The molecule has 2 aromatic heterocycles. The molecule has 130 valence electrons. The summed E-state index contributed by atoms with van der Waals surface area (Å²) in [4.78, 5) is 19.0. The van der Waals surface area contributed by atoms with Crippen LogP contribution in [0.1, 0.15) is 11.5 Å². The van der Waals surface area contributed by atoms with E-state index in [9.17, 15) is 18.0 Å². The largest absolute Gasteiger partial charge is 0.451 e. The molecule has 10 heteroatoms. The van der Waals surface area contributed by atoms with Crippen LogP contribution in [0.2, 0.25) is 0 Å². The van der Waals surface area contributed by atoms with Crippen LogP contribution in [0, 0.1) is 6.92 Å². The second-order valence-electron chi connectivity index (χ2n) is 5.04. The third kappa shape index (κ3) is 4.08. The van der Waals surface area contributed by atoms with Crippen molar-refractivity contribution >= 4 is 34.5 Å². The van der Waals surface area contributed by atoms with Crippen LogP contribution in [0.5, 0.6) is 0 Å². The Labute approximate surface area is 143 Å². The van der Waals surface area contributed by atoms with Gasteiger partial charge in [-0.3, -0.25) is 10.1 Å². The SMILES string of the molecule is Cc1cc(NC(=O)CSc2nc(C(F)(F)F)nc3ccccc23)on1. The number of hydrogen-bond acceptors (Lipinski definition) is 6. The molecule has 0 aliphatic carbocycles. The van der Waals surface area contributed by atoms with Crippen LogP contribution in [0.25, 0.3) is 10.9 Å². The number of nitrogens with zero attached hydrogens (tertiary/aromatic N) is 3. The van der Waals surface area contributed by atoms with Crippen molar-refractivity contribution in [2.45, 2.75) is 18.1 Å². The predicted molar refractivity (Wildman–Crippen MR) is 85.1 cm³/mol. The first kappa shape index (κ1) is 17.2. The number of thioether (sulfide) groups is 1. The number of carbonyl (C=O) groups is 1. The van der Waals surface area contributed by atoms with E-state index in [4.69, 9.17) is 4.52 Å². The number of hydrogen-bond donors (Lipinski definition) is 1. The number of amides is 1. The lowest BCUT2D eigenvalue weighted by Crippen LogP contribution is -2.15. The zero-order valence-corrected chi connectivity index (χ0v) is 13.6. The summed E-state index contributed by atoms with van der Waals surface area (Å²) in [5.74, 6) is -1.65. The van der Waals surface area contributed by atoms with Crippen molar-refractivity contribution in [3.05, 3.63) is 41.9 Å². The molecule has 3 rings (SSSR count). The van der Waals surface area contributed by atoms with Crippen LogP contribution in [0.4, 0.5) is 19.1 Å². The zero-order chi connectivity index (χ0) is 18.0. The summed E-state index contributed by atoms with van der Waals surface area (Å²) < 4.78 is 43.7. The maximum Gasteiger partial charge on any atom is 0.451 e. The molecular weight excluding hydrogens is 357 g/mol. The second kappa shape index (κ2) is 6.71. The van der Waals surface area contributed by atoms with Gasteiger partial charge in [0.15, 0.2) is 0 Å². The highest BCUT2D eigenvalue weighted by Crippen LogP contribution is 2.32. The van der Waals surface area contributed by atoms with Gasteiger partial charge in [-0.2, -0.15) is 13.2 Å². The summed E-state index contributed by atoms with van der Waals surface area (Å²) in [7, 11) is 0. The number of rotatable bonds is 4. The number of halogens is 3. The highest BCUT2D eigenvalue weighted by Gasteiger charge is 2.35. The highest BCUT2D eigenvalue weighted by atomic mass is 32.2. The summed E-state index contributed by atoms with van der Waals surface area (Å²) in [6.45, 7) is 1.69. The predicted octanol–water partition coefficient (Wildman–Crippen LogP) is 3.68. The third-order valence-electron chi connectivity index (χ3n) is 3.05. The molecule has 0 spiro atoms. The van der Waals surface area contributed by atoms with Gasteiger partial charge in [-0.25, -0.2) is 9.97 Å². The highest BCUT2D eigenvalue weighted by molar-refractivity contribution is 8.00. The standard InChI is InChI=1S/C15H11F3N4O2S/c1-8-6-12(24-22-8)20-11(23)7-25-13-9-4-2-3-5-10(9)19-14(21-13)15(16,17)18/h2-6H,7H2,1H3,(H,20,23). The smallest absolute Gasteiger partial charge is 0.338 e. The molecule has 0 atom stereocenters. The Hall–Kier alpha value is -2.62. The summed E-state index contributed by atoms with van der Waals surface area (Å²) in [6, 6.07) is 7.86. The minimum Gasteiger partial charge on any atom is -0.338 e. The first-order valence-electron chi connectivity index (χ1n) is 7.03. The average Bonchev–Trinajstić information content (AvgIpc) is 2.96.